The number of carbonyl (C=O) groups is 1. The molecule has 0 bridgehead atoms. The lowest BCUT2D eigenvalue weighted by Gasteiger charge is -2.12. The number of aromatic nitrogens is 2. The maximum Gasteiger partial charge on any atom is 0.254 e. The van der Waals surface area contributed by atoms with Gasteiger partial charge in [-0.2, -0.15) is 5.10 Å². The van der Waals surface area contributed by atoms with E-state index >= 15 is 0 Å². The molecule has 1 fully saturated rings. The van der Waals surface area contributed by atoms with E-state index in [1.165, 1.54) is 12.8 Å². The predicted octanol–water partition coefficient (Wildman–Crippen LogP) is 2.32. The SMILES string of the molecule is CCc1c(C(=O)NCC(N)C2CC2)cnn1-c1ccccc1.Cl. The maximum atomic E-state index is 12.4. The topological polar surface area (TPSA) is 72.9 Å². The van der Waals surface area contributed by atoms with Gasteiger partial charge in [0.2, 0.25) is 0 Å². The molecule has 1 atom stereocenters. The first-order valence-electron chi connectivity index (χ1n) is 7.86. The normalized spacial score (nSPS) is 14.9. The van der Waals surface area contributed by atoms with E-state index in [9.17, 15) is 4.79 Å². The quantitative estimate of drug-likeness (QED) is 0.851. The van der Waals surface area contributed by atoms with Crippen LogP contribution in [0.25, 0.3) is 5.69 Å². The molecule has 1 aromatic carbocycles. The minimum atomic E-state index is -0.0878. The van der Waals surface area contributed by atoms with Crippen LogP contribution >= 0.6 is 12.4 Å². The van der Waals surface area contributed by atoms with Gasteiger partial charge in [0.05, 0.1) is 23.1 Å². The highest BCUT2D eigenvalue weighted by molar-refractivity contribution is 5.95. The number of amides is 1. The van der Waals surface area contributed by atoms with Crippen LogP contribution in [0.1, 0.15) is 35.8 Å². The summed E-state index contributed by atoms with van der Waals surface area (Å²) in [6.07, 6.45) is 4.75. The van der Waals surface area contributed by atoms with Gasteiger partial charge in [-0.25, -0.2) is 4.68 Å². The fraction of sp³-hybridized carbons (Fsp3) is 0.412. The predicted molar refractivity (Wildman–Crippen MR) is 93.2 cm³/mol. The second kappa shape index (κ2) is 7.62. The molecule has 1 aliphatic carbocycles. The molecule has 1 aromatic heterocycles. The molecule has 2 aromatic rings. The highest BCUT2D eigenvalue weighted by Gasteiger charge is 2.28. The molecule has 1 saturated carbocycles. The number of carbonyl (C=O) groups excluding carboxylic acids is 1. The summed E-state index contributed by atoms with van der Waals surface area (Å²) in [5, 5.41) is 7.32. The summed E-state index contributed by atoms with van der Waals surface area (Å²) in [6.45, 7) is 2.56. The van der Waals surface area contributed by atoms with Crippen LogP contribution in [-0.4, -0.2) is 28.3 Å². The van der Waals surface area contributed by atoms with Crippen molar-refractivity contribution in [2.45, 2.75) is 32.2 Å². The fourth-order valence-electron chi connectivity index (χ4n) is 2.69. The molecule has 0 spiro atoms. The number of para-hydroxylation sites is 1. The smallest absolute Gasteiger partial charge is 0.254 e. The Hall–Kier alpha value is -1.85. The minimum absolute atomic E-state index is 0. The summed E-state index contributed by atoms with van der Waals surface area (Å²) >= 11 is 0. The molecular formula is C17H23ClN4O. The van der Waals surface area contributed by atoms with E-state index in [1.54, 1.807) is 6.20 Å². The lowest BCUT2D eigenvalue weighted by molar-refractivity contribution is 0.0949. The zero-order valence-electron chi connectivity index (χ0n) is 13.2. The second-order valence-corrected chi connectivity index (χ2v) is 5.82. The molecule has 1 heterocycles. The third-order valence-corrected chi connectivity index (χ3v) is 4.17. The molecule has 1 amide bonds. The third-order valence-electron chi connectivity index (χ3n) is 4.17. The summed E-state index contributed by atoms with van der Waals surface area (Å²) in [4.78, 5) is 12.4. The van der Waals surface area contributed by atoms with Crippen LogP contribution in [0.15, 0.2) is 36.5 Å². The first-order valence-corrected chi connectivity index (χ1v) is 7.86. The molecule has 0 radical (unpaired) electrons. The molecule has 6 heteroatoms. The van der Waals surface area contributed by atoms with Crippen molar-refractivity contribution in [2.24, 2.45) is 11.7 Å². The zero-order chi connectivity index (χ0) is 15.5. The number of hydrogen-bond donors (Lipinski definition) is 2. The van der Waals surface area contributed by atoms with E-state index in [-0.39, 0.29) is 24.4 Å². The summed E-state index contributed by atoms with van der Waals surface area (Å²) < 4.78 is 1.83. The molecule has 124 valence electrons. The Labute approximate surface area is 142 Å². The Morgan fingerprint density at radius 1 is 1.39 bits per heavy atom. The van der Waals surface area contributed by atoms with Crippen molar-refractivity contribution in [3.63, 3.8) is 0 Å². The first kappa shape index (κ1) is 17.5. The Morgan fingerprint density at radius 3 is 2.70 bits per heavy atom. The molecule has 1 aliphatic rings. The van der Waals surface area contributed by atoms with E-state index < -0.39 is 0 Å². The van der Waals surface area contributed by atoms with Crippen molar-refractivity contribution in [1.82, 2.24) is 15.1 Å². The van der Waals surface area contributed by atoms with Gasteiger partial charge in [-0.1, -0.05) is 25.1 Å². The largest absolute Gasteiger partial charge is 0.350 e. The minimum Gasteiger partial charge on any atom is -0.350 e. The summed E-state index contributed by atoms with van der Waals surface area (Å²) in [5.41, 5.74) is 8.56. The summed E-state index contributed by atoms with van der Waals surface area (Å²) in [7, 11) is 0. The molecule has 0 aliphatic heterocycles. The van der Waals surface area contributed by atoms with Gasteiger partial charge in [-0.3, -0.25) is 4.79 Å². The molecule has 23 heavy (non-hydrogen) atoms. The monoisotopic (exact) mass is 334 g/mol. The average molecular weight is 335 g/mol. The molecule has 3 rings (SSSR count). The number of nitrogens with zero attached hydrogens (tertiary/aromatic N) is 2. The van der Waals surface area contributed by atoms with Crippen LogP contribution in [0, 0.1) is 5.92 Å². The Morgan fingerprint density at radius 2 is 2.09 bits per heavy atom. The van der Waals surface area contributed by atoms with Crippen LogP contribution in [0.3, 0.4) is 0 Å². The Bertz CT molecular complexity index is 652. The summed E-state index contributed by atoms with van der Waals surface area (Å²) in [5.74, 6) is 0.494. The van der Waals surface area contributed by atoms with Gasteiger partial charge in [0.15, 0.2) is 0 Å². The van der Waals surface area contributed by atoms with E-state index in [0.717, 1.165) is 17.8 Å². The van der Waals surface area contributed by atoms with Gasteiger partial charge in [-0.05, 0) is 37.3 Å². The van der Waals surface area contributed by atoms with E-state index in [4.69, 9.17) is 5.73 Å². The number of rotatable bonds is 6. The fourth-order valence-corrected chi connectivity index (χ4v) is 2.69. The first-order chi connectivity index (χ1) is 10.7. The van der Waals surface area contributed by atoms with Crippen molar-refractivity contribution in [2.75, 3.05) is 6.54 Å². The number of halogens is 1. The highest BCUT2D eigenvalue weighted by Crippen LogP contribution is 2.31. The average Bonchev–Trinajstić information content (AvgIpc) is 3.31. The number of nitrogens with two attached hydrogens (primary N) is 1. The van der Waals surface area contributed by atoms with Crippen molar-refractivity contribution >= 4 is 18.3 Å². The van der Waals surface area contributed by atoms with Gasteiger partial charge in [-0.15, -0.1) is 12.4 Å². The number of nitrogens with one attached hydrogen (secondary N) is 1. The lowest BCUT2D eigenvalue weighted by atomic mass is 10.1. The van der Waals surface area contributed by atoms with Crippen molar-refractivity contribution in [1.29, 1.82) is 0 Å². The van der Waals surface area contributed by atoms with Crippen molar-refractivity contribution in [3.8, 4) is 5.69 Å². The van der Waals surface area contributed by atoms with Crippen molar-refractivity contribution < 1.29 is 4.79 Å². The van der Waals surface area contributed by atoms with Gasteiger partial charge < -0.3 is 11.1 Å². The van der Waals surface area contributed by atoms with Gasteiger partial charge in [0.25, 0.3) is 5.91 Å². The molecule has 3 N–H and O–H groups in total. The van der Waals surface area contributed by atoms with Crippen LogP contribution in [0.5, 0.6) is 0 Å². The molecule has 1 unspecified atom stereocenters. The van der Waals surface area contributed by atoms with Gasteiger partial charge in [0.1, 0.15) is 0 Å². The standard InChI is InChI=1S/C17H22N4O.ClH/c1-2-16-14(17(22)19-11-15(18)12-8-9-12)10-20-21(16)13-6-4-3-5-7-13;/h3-7,10,12,15H,2,8-9,11,18H2,1H3,(H,19,22);1H. The van der Waals surface area contributed by atoms with Crippen LogP contribution in [0.2, 0.25) is 0 Å². The van der Waals surface area contributed by atoms with E-state index in [2.05, 4.69) is 10.4 Å². The van der Waals surface area contributed by atoms with Crippen LogP contribution < -0.4 is 11.1 Å². The number of hydrogen-bond acceptors (Lipinski definition) is 3. The highest BCUT2D eigenvalue weighted by atomic mass is 35.5. The zero-order valence-corrected chi connectivity index (χ0v) is 14.1. The maximum absolute atomic E-state index is 12.4. The molecule has 5 nitrogen and oxygen atoms in total. The van der Waals surface area contributed by atoms with Crippen LogP contribution in [0.4, 0.5) is 0 Å². The molecule has 0 saturated heterocycles. The van der Waals surface area contributed by atoms with E-state index in [1.807, 2.05) is 41.9 Å². The third kappa shape index (κ3) is 3.92. The lowest BCUT2D eigenvalue weighted by Crippen LogP contribution is -2.38. The Kier molecular flexibility index (Phi) is 5.80. The van der Waals surface area contributed by atoms with E-state index in [0.29, 0.717) is 18.0 Å². The van der Waals surface area contributed by atoms with Crippen LogP contribution in [-0.2, 0) is 6.42 Å². The summed E-state index contributed by atoms with van der Waals surface area (Å²) in [6, 6.07) is 9.92. The van der Waals surface area contributed by atoms with Gasteiger partial charge in [0, 0.05) is 12.6 Å². The van der Waals surface area contributed by atoms with Gasteiger partial charge >= 0.3 is 0 Å². The Balaban J connectivity index is 0.00000192. The number of benzene rings is 1. The second-order valence-electron chi connectivity index (χ2n) is 5.82. The molecular weight excluding hydrogens is 312 g/mol. The van der Waals surface area contributed by atoms with Crippen molar-refractivity contribution in [3.05, 3.63) is 47.8 Å².